The number of aromatic nitrogens is 2. The molecule has 0 atom stereocenters. The average molecular weight is 477 g/mol. The molecule has 0 aliphatic rings. The molecule has 2 N–H and O–H groups in total. The molecule has 0 spiro atoms. The van der Waals surface area contributed by atoms with E-state index in [2.05, 4.69) is 10.3 Å². The molecule has 4 aromatic rings. The van der Waals surface area contributed by atoms with Crippen LogP contribution in [0.25, 0.3) is 10.6 Å². The molecule has 0 radical (unpaired) electrons. The molecule has 0 fully saturated rings. The van der Waals surface area contributed by atoms with Gasteiger partial charge < -0.3 is 15.3 Å². The van der Waals surface area contributed by atoms with Crippen molar-refractivity contribution in [2.45, 2.75) is 19.4 Å². The number of amides is 1. The fourth-order valence-corrected chi connectivity index (χ4v) is 4.56. The molecule has 0 bridgehead atoms. The van der Waals surface area contributed by atoms with E-state index in [1.807, 2.05) is 42.5 Å². The van der Waals surface area contributed by atoms with E-state index in [9.17, 15) is 14.3 Å². The Hall–Kier alpha value is -3.62. The topological polar surface area (TPSA) is 78.4 Å². The van der Waals surface area contributed by atoms with Gasteiger partial charge in [-0.2, -0.15) is 0 Å². The van der Waals surface area contributed by atoms with Crippen LogP contribution in [0.4, 0.5) is 15.9 Å². The average Bonchev–Trinajstić information content (AvgIpc) is 3.32. The molecule has 3 aromatic heterocycles. The molecule has 8 heteroatoms. The lowest BCUT2D eigenvalue weighted by atomic mass is 10.1. The van der Waals surface area contributed by atoms with Crippen molar-refractivity contribution < 1.29 is 14.3 Å². The molecular weight excluding hydrogens is 451 g/mol. The number of nitrogens with zero attached hydrogens (tertiary/aromatic N) is 3. The summed E-state index contributed by atoms with van der Waals surface area (Å²) in [6, 6.07) is 18.0. The van der Waals surface area contributed by atoms with Crippen LogP contribution in [-0.4, -0.2) is 34.6 Å². The second-order valence-electron chi connectivity index (χ2n) is 7.71. The van der Waals surface area contributed by atoms with Crippen molar-refractivity contribution in [2.75, 3.05) is 23.4 Å². The van der Waals surface area contributed by atoms with Crippen LogP contribution < -0.4 is 10.2 Å². The second-order valence-corrected chi connectivity index (χ2v) is 8.87. The van der Waals surface area contributed by atoms with Gasteiger partial charge in [0.1, 0.15) is 5.82 Å². The van der Waals surface area contributed by atoms with E-state index in [0.717, 1.165) is 33.0 Å². The number of anilines is 2. The first-order valence-corrected chi connectivity index (χ1v) is 11.8. The Labute approximate surface area is 201 Å². The van der Waals surface area contributed by atoms with Crippen molar-refractivity contribution >= 4 is 29.3 Å². The Morgan fingerprint density at radius 3 is 2.71 bits per heavy atom. The second kappa shape index (κ2) is 11.5. The SMILES string of the molecule is O=CN(Cc1cccnc1)c1ccc(-c2ccc(CCO)s2)nc1NCCc1cccc(F)c1. The predicted molar refractivity (Wildman–Crippen MR) is 133 cm³/mol. The molecule has 174 valence electrons. The highest BCUT2D eigenvalue weighted by atomic mass is 32.1. The molecule has 0 aliphatic heterocycles. The predicted octanol–water partition coefficient (Wildman–Crippen LogP) is 4.70. The third kappa shape index (κ3) is 6.03. The van der Waals surface area contributed by atoms with Gasteiger partial charge in [-0.25, -0.2) is 9.37 Å². The van der Waals surface area contributed by atoms with Crippen molar-refractivity contribution in [1.29, 1.82) is 0 Å². The zero-order chi connectivity index (χ0) is 23.8. The molecule has 6 nitrogen and oxygen atoms in total. The monoisotopic (exact) mass is 476 g/mol. The summed E-state index contributed by atoms with van der Waals surface area (Å²) in [5, 5.41) is 12.6. The normalized spacial score (nSPS) is 10.8. The molecule has 0 saturated heterocycles. The Bertz CT molecular complexity index is 1230. The number of hydrogen-bond acceptors (Lipinski definition) is 6. The summed E-state index contributed by atoms with van der Waals surface area (Å²) in [5.74, 6) is 0.306. The first-order chi connectivity index (χ1) is 16.7. The van der Waals surface area contributed by atoms with Crippen LogP contribution in [0.5, 0.6) is 0 Å². The summed E-state index contributed by atoms with van der Waals surface area (Å²) in [4.78, 5) is 24.6. The summed E-state index contributed by atoms with van der Waals surface area (Å²) in [5.41, 5.74) is 3.20. The van der Waals surface area contributed by atoms with Gasteiger partial charge in [-0.3, -0.25) is 9.78 Å². The van der Waals surface area contributed by atoms with Crippen LogP contribution in [0.2, 0.25) is 0 Å². The van der Waals surface area contributed by atoms with Crippen molar-refractivity contribution in [3.8, 4) is 10.6 Å². The molecule has 3 heterocycles. The summed E-state index contributed by atoms with van der Waals surface area (Å²) in [6.07, 6.45) is 5.41. The zero-order valence-corrected chi connectivity index (χ0v) is 19.3. The van der Waals surface area contributed by atoms with Gasteiger partial charge in [0.2, 0.25) is 6.41 Å². The molecule has 1 amide bonds. The van der Waals surface area contributed by atoms with Crippen molar-refractivity contribution in [1.82, 2.24) is 9.97 Å². The number of aliphatic hydroxyl groups excluding tert-OH is 1. The van der Waals surface area contributed by atoms with Gasteiger partial charge >= 0.3 is 0 Å². The molecule has 4 rings (SSSR count). The van der Waals surface area contributed by atoms with Crippen LogP contribution in [0.1, 0.15) is 16.0 Å². The van der Waals surface area contributed by atoms with E-state index in [0.29, 0.717) is 37.4 Å². The number of pyridine rings is 2. The van der Waals surface area contributed by atoms with Crippen LogP contribution in [0, 0.1) is 5.82 Å². The maximum Gasteiger partial charge on any atom is 0.214 e. The lowest BCUT2D eigenvalue weighted by molar-refractivity contribution is -0.107. The van der Waals surface area contributed by atoms with Crippen molar-refractivity contribution in [3.63, 3.8) is 0 Å². The van der Waals surface area contributed by atoms with Gasteiger partial charge in [-0.05, 0) is 60.0 Å². The van der Waals surface area contributed by atoms with E-state index in [1.165, 1.54) is 12.1 Å². The lowest BCUT2D eigenvalue weighted by Crippen LogP contribution is -2.22. The summed E-state index contributed by atoms with van der Waals surface area (Å²) in [7, 11) is 0. The number of benzene rings is 1. The number of aliphatic hydroxyl groups is 1. The highest BCUT2D eigenvalue weighted by molar-refractivity contribution is 7.15. The first kappa shape index (κ1) is 23.5. The van der Waals surface area contributed by atoms with Crippen molar-refractivity contribution in [3.05, 3.63) is 94.9 Å². The van der Waals surface area contributed by atoms with Crippen LogP contribution in [0.15, 0.2) is 73.1 Å². The molecule has 1 aromatic carbocycles. The van der Waals surface area contributed by atoms with Gasteiger partial charge in [0.05, 0.1) is 22.8 Å². The van der Waals surface area contributed by atoms with E-state index in [1.54, 1.807) is 34.7 Å². The minimum Gasteiger partial charge on any atom is -0.396 e. The quantitative estimate of drug-likeness (QED) is 0.307. The number of halogens is 1. The molecule has 0 saturated carbocycles. The smallest absolute Gasteiger partial charge is 0.214 e. The minimum absolute atomic E-state index is 0.0991. The van der Waals surface area contributed by atoms with Crippen LogP contribution in [0.3, 0.4) is 0 Å². The number of hydrogen-bond donors (Lipinski definition) is 2. The van der Waals surface area contributed by atoms with E-state index in [4.69, 9.17) is 4.98 Å². The van der Waals surface area contributed by atoms with Crippen molar-refractivity contribution in [2.24, 2.45) is 0 Å². The number of rotatable bonds is 11. The Kier molecular flexibility index (Phi) is 7.95. The van der Waals surface area contributed by atoms with Crippen LogP contribution >= 0.6 is 11.3 Å². The fraction of sp³-hybridized carbons (Fsp3) is 0.192. The van der Waals surface area contributed by atoms with Gasteiger partial charge in [-0.1, -0.05) is 18.2 Å². The first-order valence-electron chi connectivity index (χ1n) is 11.0. The molecule has 0 aliphatic carbocycles. The van der Waals surface area contributed by atoms with E-state index < -0.39 is 0 Å². The maximum atomic E-state index is 13.5. The third-order valence-corrected chi connectivity index (χ3v) is 6.42. The molecule has 0 unspecified atom stereocenters. The van der Waals surface area contributed by atoms with Gasteiger partial charge in [0.25, 0.3) is 0 Å². The molecule has 34 heavy (non-hydrogen) atoms. The van der Waals surface area contributed by atoms with Gasteiger partial charge in [0.15, 0.2) is 5.82 Å². The minimum atomic E-state index is -0.265. The fourth-order valence-electron chi connectivity index (χ4n) is 3.60. The lowest BCUT2D eigenvalue weighted by Gasteiger charge is -2.21. The Morgan fingerprint density at radius 1 is 1.06 bits per heavy atom. The summed E-state index contributed by atoms with van der Waals surface area (Å²) < 4.78 is 13.5. The number of thiophene rings is 1. The van der Waals surface area contributed by atoms with Gasteiger partial charge in [0, 0.05) is 36.8 Å². The number of carbonyl (C=O) groups is 1. The maximum absolute atomic E-state index is 13.5. The summed E-state index contributed by atoms with van der Waals surface area (Å²) >= 11 is 1.58. The van der Waals surface area contributed by atoms with E-state index >= 15 is 0 Å². The number of nitrogens with one attached hydrogen (secondary N) is 1. The molecular formula is C26H25FN4O2S. The summed E-state index contributed by atoms with van der Waals surface area (Å²) in [6.45, 7) is 0.977. The highest BCUT2D eigenvalue weighted by Crippen LogP contribution is 2.32. The largest absolute Gasteiger partial charge is 0.396 e. The Morgan fingerprint density at radius 2 is 1.94 bits per heavy atom. The zero-order valence-electron chi connectivity index (χ0n) is 18.5. The highest BCUT2D eigenvalue weighted by Gasteiger charge is 2.15. The third-order valence-electron chi connectivity index (χ3n) is 5.25. The van der Waals surface area contributed by atoms with Crippen LogP contribution in [-0.2, 0) is 24.2 Å². The Balaban J connectivity index is 1.60. The van der Waals surface area contributed by atoms with Gasteiger partial charge in [-0.15, -0.1) is 11.3 Å². The van der Waals surface area contributed by atoms with E-state index in [-0.39, 0.29) is 12.4 Å². The standard InChI is InChI=1S/C26H25FN4O2S/c27-21-5-1-3-19(15-21)10-13-29-26-24(31(18-33)17-20-4-2-12-28-16-20)8-7-23(30-26)25-9-6-22(34-25)11-14-32/h1-9,12,15-16,18,32H,10-11,13-14,17H2,(H,29,30). The number of carbonyl (C=O) groups excluding carboxylic acids is 1.